The number of carbonyl (C=O) groups excluding carboxylic acids is 2. The number of ketones is 1. The minimum atomic E-state index is -1.94. The van der Waals surface area contributed by atoms with Crippen molar-refractivity contribution in [1.82, 2.24) is 0 Å². The molecule has 1 aliphatic rings. The molecule has 1 amide bonds. The quantitative estimate of drug-likeness (QED) is 0.599. The molecule has 2 aromatic carbocycles. The van der Waals surface area contributed by atoms with Gasteiger partial charge in [-0.15, -0.1) is 0 Å². The van der Waals surface area contributed by atoms with E-state index in [0.717, 1.165) is 15.6 Å². The fraction of sp³-hybridized carbons (Fsp3) is 0.182. The number of nitrogens with zero attached hydrogens (tertiary/aromatic N) is 1. The molecule has 1 unspecified atom stereocenters. The second-order valence-electron chi connectivity index (χ2n) is 6.98. The molecule has 1 aliphatic heterocycles. The number of rotatable bonds is 5. The van der Waals surface area contributed by atoms with Gasteiger partial charge in [-0.25, -0.2) is 0 Å². The van der Waals surface area contributed by atoms with Crippen LogP contribution < -0.4 is 4.90 Å². The van der Waals surface area contributed by atoms with Crippen LogP contribution in [0.5, 0.6) is 0 Å². The van der Waals surface area contributed by atoms with E-state index in [-0.39, 0.29) is 12.2 Å². The lowest BCUT2D eigenvalue weighted by Gasteiger charge is -2.22. The maximum absolute atomic E-state index is 13.2. The van der Waals surface area contributed by atoms with E-state index in [1.54, 1.807) is 18.2 Å². The molecule has 0 saturated heterocycles. The maximum atomic E-state index is 13.2. The van der Waals surface area contributed by atoms with Crippen LogP contribution in [0.2, 0.25) is 0 Å². The van der Waals surface area contributed by atoms with Crippen molar-refractivity contribution < 1.29 is 19.1 Å². The number of amides is 1. The summed E-state index contributed by atoms with van der Waals surface area (Å²) in [6.07, 6.45) is 1.01. The number of carbonyl (C=O) groups is 2. The van der Waals surface area contributed by atoms with Crippen molar-refractivity contribution in [2.24, 2.45) is 0 Å². The lowest BCUT2D eigenvalue weighted by molar-refractivity contribution is -0.136. The number of aryl methyl sites for hydroxylation is 1. The molecule has 0 fully saturated rings. The summed E-state index contributed by atoms with van der Waals surface area (Å²) in [5.41, 5.74) is 1.14. The van der Waals surface area contributed by atoms with Crippen molar-refractivity contribution in [1.29, 1.82) is 0 Å². The monoisotopic (exact) mass is 439 g/mol. The molecule has 5 nitrogen and oxygen atoms in total. The third kappa shape index (κ3) is 3.19. The van der Waals surface area contributed by atoms with Crippen molar-refractivity contribution in [3.05, 3.63) is 87.8 Å². The number of anilines is 1. The highest BCUT2D eigenvalue weighted by atomic mass is 79.9. The van der Waals surface area contributed by atoms with Crippen molar-refractivity contribution >= 4 is 33.3 Å². The summed E-state index contributed by atoms with van der Waals surface area (Å²) < 4.78 is 5.86. The summed E-state index contributed by atoms with van der Waals surface area (Å²) in [5.74, 6) is -0.820. The van der Waals surface area contributed by atoms with Crippen LogP contribution in [-0.4, -0.2) is 16.8 Å². The average Bonchev–Trinajstić information content (AvgIpc) is 3.27. The summed E-state index contributed by atoms with van der Waals surface area (Å²) in [7, 11) is 0. The first kappa shape index (κ1) is 18.7. The fourth-order valence-corrected chi connectivity index (χ4v) is 3.84. The maximum Gasteiger partial charge on any atom is 0.264 e. The lowest BCUT2D eigenvalue weighted by atomic mass is 9.89. The van der Waals surface area contributed by atoms with Crippen molar-refractivity contribution in [2.75, 3.05) is 4.90 Å². The van der Waals surface area contributed by atoms with E-state index in [9.17, 15) is 14.7 Å². The largest absolute Gasteiger partial charge is 0.461 e. The summed E-state index contributed by atoms with van der Waals surface area (Å²) in [6.45, 7) is 2.31. The number of Topliss-reactive ketones (excluding diaryl/α,β-unsaturated/α-hetero) is 1. The first-order valence-corrected chi connectivity index (χ1v) is 9.64. The Labute approximate surface area is 170 Å². The third-order valence-electron chi connectivity index (χ3n) is 4.97. The Morgan fingerprint density at radius 3 is 2.61 bits per heavy atom. The molecular formula is C22H18BrNO4. The fourth-order valence-electron chi connectivity index (χ4n) is 3.48. The summed E-state index contributed by atoms with van der Waals surface area (Å²) in [5, 5.41) is 11.3. The Hall–Kier alpha value is -2.70. The Balaban J connectivity index is 1.72. The van der Waals surface area contributed by atoms with Gasteiger partial charge in [0.05, 0.1) is 24.9 Å². The van der Waals surface area contributed by atoms with E-state index in [4.69, 9.17) is 4.42 Å². The number of halogens is 1. The molecule has 3 aromatic rings. The second kappa shape index (κ2) is 7.04. The van der Waals surface area contributed by atoms with E-state index >= 15 is 0 Å². The Bertz CT molecular complexity index is 1040. The van der Waals surface area contributed by atoms with Gasteiger partial charge in [0.1, 0.15) is 0 Å². The van der Waals surface area contributed by atoms with E-state index in [2.05, 4.69) is 15.9 Å². The number of furan rings is 1. The van der Waals surface area contributed by atoms with Crippen LogP contribution in [0.25, 0.3) is 0 Å². The highest BCUT2D eigenvalue weighted by Gasteiger charge is 2.51. The van der Waals surface area contributed by atoms with Crippen LogP contribution in [0.4, 0.5) is 5.69 Å². The first-order chi connectivity index (χ1) is 13.4. The molecular weight excluding hydrogens is 422 g/mol. The Morgan fingerprint density at radius 1 is 1.18 bits per heavy atom. The average molecular weight is 440 g/mol. The van der Waals surface area contributed by atoms with Crippen molar-refractivity contribution in [3.63, 3.8) is 0 Å². The first-order valence-electron chi connectivity index (χ1n) is 8.85. The lowest BCUT2D eigenvalue weighted by Crippen LogP contribution is -2.41. The van der Waals surface area contributed by atoms with Gasteiger partial charge in [-0.1, -0.05) is 45.8 Å². The molecule has 28 heavy (non-hydrogen) atoms. The van der Waals surface area contributed by atoms with Crippen LogP contribution in [0, 0.1) is 6.92 Å². The molecule has 1 N–H and O–H groups in total. The van der Waals surface area contributed by atoms with Crippen LogP contribution in [-0.2, 0) is 16.9 Å². The molecule has 0 radical (unpaired) electrons. The molecule has 1 atom stereocenters. The van der Waals surface area contributed by atoms with Crippen LogP contribution in [0.1, 0.15) is 33.7 Å². The Kier molecular flexibility index (Phi) is 4.69. The van der Waals surface area contributed by atoms with Gasteiger partial charge >= 0.3 is 0 Å². The van der Waals surface area contributed by atoms with E-state index < -0.39 is 17.3 Å². The molecule has 4 rings (SSSR count). The molecule has 0 aliphatic carbocycles. The molecule has 142 valence electrons. The van der Waals surface area contributed by atoms with E-state index in [0.29, 0.717) is 17.8 Å². The molecule has 2 heterocycles. The second-order valence-corrected chi connectivity index (χ2v) is 7.89. The molecule has 6 heteroatoms. The minimum Gasteiger partial charge on any atom is -0.461 e. The zero-order valence-electron chi connectivity index (χ0n) is 15.2. The van der Waals surface area contributed by atoms with Gasteiger partial charge in [-0.3, -0.25) is 9.59 Å². The predicted octanol–water partition coefficient (Wildman–Crippen LogP) is 4.36. The molecule has 0 spiro atoms. The molecule has 0 saturated carbocycles. The minimum absolute atomic E-state index is 0.120. The number of hydrogen-bond donors (Lipinski definition) is 1. The van der Waals surface area contributed by atoms with Crippen LogP contribution >= 0.6 is 15.9 Å². The summed E-state index contributed by atoms with van der Waals surface area (Å²) in [4.78, 5) is 27.4. The topological polar surface area (TPSA) is 70.8 Å². The SMILES string of the molecule is Cc1ccc(CN2C(=O)C(O)(CC(=O)c3ccco3)c3cc(Br)ccc32)cc1. The van der Waals surface area contributed by atoms with Crippen molar-refractivity contribution in [3.8, 4) is 0 Å². The number of fused-ring (bicyclic) bond motifs is 1. The molecule has 1 aromatic heterocycles. The van der Waals surface area contributed by atoms with Crippen LogP contribution in [0.15, 0.2) is 69.8 Å². The van der Waals surface area contributed by atoms with Gasteiger partial charge in [0.25, 0.3) is 5.91 Å². The van der Waals surface area contributed by atoms with E-state index in [1.807, 2.05) is 37.3 Å². The van der Waals surface area contributed by atoms with Gasteiger partial charge in [0.2, 0.25) is 5.78 Å². The van der Waals surface area contributed by atoms with Crippen LogP contribution in [0.3, 0.4) is 0 Å². The van der Waals surface area contributed by atoms with Gasteiger partial charge in [0.15, 0.2) is 11.4 Å². The zero-order chi connectivity index (χ0) is 19.9. The highest BCUT2D eigenvalue weighted by molar-refractivity contribution is 9.10. The normalized spacial score (nSPS) is 18.4. The van der Waals surface area contributed by atoms with Crippen molar-refractivity contribution in [2.45, 2.75) is 25.5 Å². The molecule has 0 bridgehead atoms. The smallest absolute Gasteiger partial charge is 0.264 e. The number of hydrogen-bond acceptors (Lipinski definition) is 4. The Morgan fingerprint density at radius 2 is 1.93 bits per heavy atom. The summed E-state index contributed by atoms with van der Waals surface area (Å²) >= 11 is 3.39. The summed E-state index contributed by atoms with van der Waals surface area (Å²) in [6, 6.07) is 16.3. The highest BCUT2D eigenvalue weighted by Crippen LogP contribution is 2.44. The van der Waals surface area contributed by atoms with Gasteiger partial charge in [0, 0.05) is 10.0 Å². The van der Waals surface area contributed by atoms with Gasteiger partial charge in [-0.05, 0) is 42.8 Å². The van der Waals surface area contributed by atoms with Gasteiger partial charge in [-0.2, -0.15) is 0 Å². The number of benzene rings is 2. The van der Waals surface area contributed by atoms with Gasteiger partial charge < -0.3 is 14.4 Å². The van der Waals surface area contributed by atoms with E-state index in [1.165, 1.54) is 17.2 Å². The number of aliphatic hydroxyl groups is 1. The third-order valence-corrected chi connectivity index (χ3v) is 5.46. The predicted molar refractivity (Wildman–Crippen MR) is 108 cm³/mol. The zero-order valence-corrected chi connectivity index (χ0v) is 16.8. The standard InChI is InChI=1S/C22H18BrNO4/c1-14-4-6-15(7-5-14)13-24-18-9-8-16(23)11-17(18)22(27,21(24)26)12-19(25)20-3-2-10-28-20/h2-11,27H,12-13H2,1H3.